The predicted octanol–water partition coefficient (Wildman–Crippen LogP) is 3.07. The second kappa shape index (κ2) is 18.6. The van der Waals surface area contributed by atoms with Gasteiger partial charge in [-0.15, -0.1) is 0 Å². The SMILES string of the molecule is C[C@]12C=CC(=O)C=C1CC[C@@H]1[C@@H]2[C@@H](O)C[C@@]2(C)[C@H]1C[C@H]1O[C@@H](c3ccc(OC4CCC(NC(=O)[C@H](CCC(=O)O)NC(=O)CNC(=O)CBr)CC4)cc3)O[C@]12C(=O)COP(=O)(O)O. The summed E-state index contributed by atoms with van der Waals surface area (Å²) in [5, 5.41) is 29.0. The number of aliphatic carboxylic acids is 1. The Morgan fingerprint density at radius 1 is 1.03 bits per heavy atom. The molecule has 7 N–H and O–H groups in total. The predicted molar refractivity (Wildman–Crippen MR) is 225 cm³/mol. The van der Waals surface area contributed by atoms with Crippen molar-refractivity contribution in [1.29, 1.82) is 0 Å². The van der Waals surface area contributed by atoms with Crippen molar-refractivity contribution in [3.8, 4) is 5.75 Å². The van der Waals surface area contributed by atoms with E-state index in [1.165, 1.54) is 0 Å². The van der Waals surface area contributed by atoms with Crippen molar-refractivity contribution in [2.45, 2.75) is 120 Å². The van der Waals surface area contributed by atoms with Gasteiger partial charge in [0.25, 0.3) is 0 Å². The summed E-state index contributed by atoms with van der Waals surface area (Å²) in [6, 6.07) is 5.68. The summed E-state index contributed by atoms with van der Waals surface area (Å²) in [4.78, 5) is 94.0. The highest BCUT2D eigenvalue weighted by molar-refractivity contribution is 9.09. The van der Waals surface area contributed by atoms with E-state index in [-0.39, 0.29) is 66.8 Å². The number of benzene rings is 1. The second-order valence-corrected chi connectivity index (χ2v) is 19.9. The fraction of sp³-hybridized carbons (Fsp3) is 0.628. The first-order valence-corrected chi connectivity index (χ1v) is 24.0. The molecule has 3 amide bonds. The van der Waals surface area contributed by atoms with Crippen LogP contribution in [0.1, 0.15) is 89.9 Å². The van der Waals surface area contributed by atoms with E-state index in [1.807, 2.05) is 19.9 Å². The third-order valence-corrected chi connectivity index (χ3v) is 15.3. The van der Waals surface area contributed by atoms with Crippen LogP contribution < -0.4 is 20.7 Å². The number of halogens is 1. The molecular formula is C43H55BrN3O15P. The molecule has 0 radical (unpaired) electrons. The monoisotopic (exact) mass is 963 g/mol. The number of aliphatic hydroxyl groups excluding tert-OH is 1. The fourth-order valence-electron chi connectivity index (χ4n) is 11.5. The lowest BCUT2D eigenvalue weighted by Gasteiger charge is -2.59. The number of nitrogens with one attached hydrogen (secondary N) is 3. The van der Waals surface area contributed by atoms with Crippen molar-refractivity contribution in [3.05, 3.63) is 53.6 Å². The maximum Gasteiger partial charge on any atom is 0.470 e. The summed E-state index contributed by atoms with van der Waals surface area (Å²) >= 11 is 2.99. The molecule has 63 heavy (non-hydrogen) atoms. The molecule has 1 aromatic carbocycles. The first kappa shape index (κ1) is 47.2. The number of aliphatic hydroxyl groups is 1. The first-order valence-electron chi connectivity index (χ1n) is 21.4. The van der Waals surface area contributed by atoms with Crippen LogP contribution in [-0.4, -0.2) is 110 Å². The van der Waals surface area contributed by atoms with E-state index in [2.05, 4.69) is 31.9 Å². The molecular weight excluding hydrogens is 909 g/mol. The summed E-state index contributed by atoms with van der Waals surface area (Å²) in [6.07, 6.45) is 5.91. The Morgan fingerprint density at radius 2 is 1.75 bits per heavy atom. The van der Waals surface area contributed by atoms with Crippen molar-refractivity contribution < 1.29 is 72.1 Å². The number of amides is 3. The lowest BCUT2D eigenvalue weighted by molar-refractivity contribution is -0.200. The molecule has 5 fully saturated rings. The quantitative estimate of drug-likeness (QED) is 0.0927. The van der Waals surface area contributed by atoms with E-state index in [0.29, 0.717) is 56.3 Å². The van der Waals surface area contributed by atoms with Gasteiger partial charge in [0, 0.05) is 34.8 Å². The van der Waals surface area contributed by atoms with Gasteiger partial charge in [-0.3, -0.25) is 33.3 Å². The Morgan fingerprint density at radius 3 is 2.41 bits per heavy atom. The van der Waals surface area contributed by atoms with Gasteiger partial charge in [-0.05, 0) is 93.9 Å². The largest absolute Gasteiger partial charge is 0.490 e. The number of allylic oxidation sites excluding steroid dienone is 4. The molecule has 1 aliphatic heterocycles. The molecule has 6 aliphatic rings. The third kappa shape index (κ3) is 9.62. The number of hydrogen-bond donors (Lipinski definition) is 7. The van der Waals surface area contributed by atoms with Crippen LogP contribution >= 0.6 is 23.8 Å². The molecule has 0 spiro atoms. The molecule has 0 aromatic heterocycles. The van der Waals surface area contributed by atoms with E-state index in [1.54, 1.807) is 36.4 Å². The van der Waals surface area contributed by atoms with Gasteiger partial charge in [-0.1, -0.05) is 53.6 Å². The van der Waals surface area contributed by atoms with Crippen molar-refractivity contribution in [2.75, 3.05) is 18.5 Å². The van der Waals surface area contributed by atoms with Crippen molar-refractivity contribution in [1.82, 2.24) is 16.0 Å². The average molecular weight is 965 g/mol. The maximum absolute atomic E-state index is 14.4. The molecule has 18 nitrogen and oxygen atoms in total. The van der Waals surface area contributed by atoms with E-state index >= 15 is 0 Å². The zero-order chi connectivity index (χ0) is 45.5. The Hall–Kier alpha value is -3.81. The summed E-state index contributed by atoms with van der Waals surface area (Å²) in [5.41, 5.74) is -1.70. The van der Waals surface area contributed by atoms with Crippen LogP contribution in [0.2, 0.25) is 0 Å². The van der Waals surface area contributed by atoms with Gasteiger partial charge in [0.1, 0.15) is 18.4 Å². The lowest BCUT2D eigenvalue weighted by atomic mass is 9.46. The van der Waals surface area contributed by atoms with E-state index in [9.17, 15) is 53.3 Å². The summed E-state index contributed by atoms with van der Waals surface area (Å²) in [5.74, 6) is -3.34. The van der Waals surface area contributed by atoms with Crippen molar-refractivity contribution in [2.24, 2.45) is 28.6 Å². The average Bonchev–Trinajstić information content (AvgIpc) is 3.74. The number of rotatable bonds is 16. The van der Waals surface area contributed by atoms with Gasteiger partial charge in [0.2, 0.25) is 17.7 Å². The number of phosphoric ester groups is 1. The van der Waals surface area contributed by atoms with Crippen LogP contribution in [0.5, 0.6) is 5.75 Å². The van der Waals surface area contributed by atoms with Gasteiger partial charge in [-0.2, -0.15) is 0 Å². The van der Waals surface area contributed by atoms with Gasteiger partial charge >= 0.3 is 13.8 Å². The van der Waals surface area contributed by atoms with Crippen LogP contribution in [0.25, 0.3) is 0 Å². The molecule has 20 heteroatoms. The van der Waals surface area contributed by atoms with Crippen LogP contribution in [0.3, 0.4) is 0 Å². The van der Waals surface area contributed by atoms with Crippen LogP contribution in [0.4, 0.5) is 0 Å². The minimum absolute atomic E-state index is 0.00197. The van der Waals surface area contributed by atoms with Gasteiger partial charge in [0.05, 0.1) is 30.2 Å². The number of hydrogen-bond acceptors (Lipinski definition) is 12. The zero-order valence-electron chi connectivity index (χ0n) is 35.0. The number of carbonyl (C=O) groups excluding carboxylic acids is 5. The molecule has 1 aromatic rings. The third-order valence-electron chi connectivity index (χ3n) is 14.4. The highest BCUT2D eigenvalue weighted by Crippen LogP contribution is 2.70. The van der Waals surface area contributed by atoms with E-state index in [0.717, 1.165) is 5.57 Å². The number of ketones is 2. The highest BCUT2D eigenvalue weighted by Gasteiger charge is 2.76. The van der Waals surface area contributed by atoms with Crippen LogP contribution in [0.15, 0.2) is 48.1 Å². The molecule has 4 saturated carbocycles. The van der Waals surface area contributed by atoms with Gasteiger partial charge < -0.3 is 50.2 Å². The molecule has 1 heterocycles. The molecule has 344 valence electrons. The molecule has 0 bridgehead atoms. The van der Waals surface area contributed by atoms with Gasteiger partial charge in [-0.25, -0.2) is 4.57 Å². The molecule has 5 aliphatic carbocycles. The zero-order valence-corrected chi connectivity index (χ0v) is 37.5. The Balaban J connectivity index is 0.990. The summed E-state index contributed by atoms with van der Waals surface area (Å²) in [7, 11) is -5.03. The van der Waals surface area contributed by atoms with Crippen molar-refractivity contribution >= 4 is 59.0 Å². The number of carboxylic acids is 1. The molecule has 1 saturated heterocycles. The summed E-state index contributed by atoms with van der Waals surface area (Å²) < 4.78 is 36.2. The number of alkyl halides is 1. The maximum atomic E-state index is 14.4. The number of phosphoric acid groups is 1. The Kier molecular flexibility index (Phi) is 13.9. The number of Topliss-reactive ketones (excluding diaryl/α,β-unsaturated/α-hetero) is 1. The number of carboxylic acid groups (broad SMARTS) is 1. The summed E-state index contributed by atoms with van der Waals surface area (Å²) in [6.45, 7) is 2.66. The topological polar surface area (TPSA) is 273 Å². The number of ether oxygens (including phenoxy) is 3. The smallest absolute Gasteiger partial charge is 0.470 e. The van der Waals surface area contributed by atoms with Crippen molar-refractivity contribution in [3.63, 3.8) is 0 Å². The molecule has 0 unspecified atom stereocenters. The number of carbonyl (C=O) groups is 6. The van der Waals surface area contributed by atoms with E-state index < -0.39 is 84.9 Å². The normalized spacial score (nSPS) is 34.9. The Labute approximate surface area is 372 Å². The molecule has 10 atom stereocenters. The standard InChI is InChI=1S/C43H55BrN3O15P/c1-41-16-15-26(48)17-24(41)5-12-29-30-18-34-43(33(50)22-59-63(56,57)58,42(30,2)19-32(49)38(29)41)62-40(61-34)23-3-8-27(9-4-23)60-28-10-6-25(7-11-28)46-39(55)31(13-14-37(53)54)47-36(52)21-45-35(51)20-44/h3-4,8-9,15-17,25,28-32,34,38,40,49H,5-7,10-14,18-22H2,1-2H3,(H,45,51)(H,46,55)(H,47,52)(H,53,54)(H2,56,57,58)/t25?,28?,29-,30-,31-,32-,34+,38+,40+,41-,42-,43+/m0/s1. The van der Waals surface area contributed by atoms with Crippen LogP contribution in [-0.2, 0) is 47.3 Å². The van der Waals surface area contributed by atoms with E-state index in [4.69, 9.17) is 18.7 Å². The van der Waals surface area contributed by atoms with Crippen LogP contribution in [0, 0.1) is 28.6 Å². The second-order valence-electron chi connectivity index (χ2n) is 18.1. The first-order chi connectivity index (χ1) is 29.8. The minimum Gasteiger partial charge on any atom is -0.490 e. The number of fused-ring (bicyclic) bond motifs is 7. The minimum atomic E-state index is -5.03. The lowest BCUT2D eigenvalue weighted by Crippen LogP contribution is -2.63. The highest BCUT2D eigenvalue weighted by atomic mass is 79.9. The Bertz CT molecular complexity index is 2090. The fourth-order valence-corrected chi connectivity index (χ4v) is 12.0. The van der Waals surface area contributed by atoms with Gasteiger partial charge in [0.15, 0.2) is 23.5 Å². The molecule has 7 rings (SSSR count).